The Morgan fingerprint density at radius 2 is 2.05 bits per heavy atom. The summed E-state index contributed by atoms with van der Waals surface area (Å²) in [7, 11) is 0. The van der Waals surface area contributed by atoms with Gasteiger partial charge >= 0.3 is 0 Å². The summed E-state index contributed by atoms with van der Waals surface area (Å²) in [5.74, 6) is 0.734. The molecule has 1 N–H and O–H groups in total. The zero-order valence-corrected chi connectivity index (χ0v) is 11.0. The van der Waals surface area contributed by atoms with Crippen molar-refractivity contribution in [2.24, 2.45) is 0 Å². The number of para-hydroxylation sites is 1. The molecule has 1 unspecified atom stereocenters. The van der Waals surface area contributed by atoms with Gasteiger partial charge in [0.25, 0.3) is 0 Å². The normalized spacial score (nSPS) is 20.0. The second-order valence-electron chi connectivity index (χ2n) is 5.07. The van der Waals surface area contributed by atoms with Crippen molar-refractivity contribution in [3.63, 3.8) is 0 Å². The lowest BCUT2D eigenvalue weighted by molar-refractivity contribution is 0.114. The van der Waals surface area contributed by atoms with Crippen molar-refractivity contribution in [3.8, 4) is 6.07 Å². The van der Waals surface area contributed by atoms with Gasteiger partial charge in [-0.25, -0.2) is 0 Å². The number of hydrogen-bond donors (Lipinski definition) is 1. The Morgan fingerprint density at radius 3 is 2.74 bits per heavy atom. The maximum absolute atomic E-state index is 9.64. The van der Waals surface area contributed by atoms with E-state index in [1.54, 1.807) is 0 Å². The number of fused-ring (bicyclic) bond motifs is 1. The second kappa shape index (κ2) is 4.69. The molecule has 0 amide bonds. The van der Waals surface area contributed by atoms with E-state index in [0.29, 0.717) is 0 Å². The van der Waals surface area contributed by atoms with E-state index in [2.05, 4.69) is 16.3 Å². The highest BCUT2D eigenvalue weighted by Crippen LogP contribution is 2.32. The lowest BCUT2D eigenvalue weighted by atomic mass is 9.97. The first-order valence-electron chi connectivity index (χ1n) is 6.60. The molecule has 0 radical (unpaired) electrons. The molecular weight excluding hydrogens is 238 g/mol. The van der Waals surface area contributed by atoms with E-state index < -0.39 is 5.54 Å². The molecule has 1 aromatic heterocycles. The van der Waals surface area contributed by atoms with Gasteiger partial charge in [0, 0.05) is 31.6 Å². The SMILES string of the molecule is CC(C#N)(c1cc2ccccc2o1)N1CCNCC1. The van der Waals surface area contributed by atoms with E-state index in [1.807, 2.05) is 37.3 Å². The van der Waals surface area contributed by atoms with E-state index >= 15 is 0 Å². The van der Waals surface area contributed by atoms with Crippen LogP contribution in [0.25, 0.3) is 11.0 Å². The van der Waals surface area contributed by atoms with Crippen LogP contribution in [0.4, 0.5) is 0 Å². The van der Waals surface area contributed by atoms with Crippen molar-refractivity contribution in [2.45, 2.75) is 12.5 Å². The van der Waals surface area contributed by atoms with Gasteiger partial charge in [0.15, 0.2) is 5.54 Å². The Kier molecular flexibility index (Phi) is 3.02. The molecule has 1 atom stereocenters. The minimum atomic E-state index is -0.693. The van der Waals surface area contributed by atoms with Crippen LogP contribution in [-0.4, -0.2) is 31.1 Å². The highest BCUT2D eigenvalue weighted by atomic mass is 16.3. The summed E-state index contributed by atoms with van der Waals surface area (Å²) in [6.07, 6.45) is 0. The Hall–Kier alpha value is -1.83. The molecule has 0 aliphatic carbocycles. The van der Waals surface area contributed by atoms with Crippen LogP contribution in [0, 0.1) is 11.3 Å². The summed E-state index contributed by atoms with van der Waals surface area (Å²) in [6, 6.07) is 12.3. The molecule has 4 heteroatoms. The minimum absolute atomic E-state index is 0.693. The number of hydrogen-bond acceptors (Lipinski definition) is 4. The molecule has 1 aliphatic rings. The minimum Gasteiger partial charge on any atom is -0.458 e. The molecule has 2 aromatic rings. The summed E-state index contributed by atoms with van der Waals surface area (Å²) in [5.41, 5.74) is 0.148. The molecule has 0 saturated carbocycles. The Balaban J connectivity index is 2.03. The fourth-order valence-corrected chi connectivity index (χ4v) is 2.62. The van der Waals surface area contributed by atoms with Crippen molar-refractivity contribution >= 4 is 11.0 Å². The quantitative estimate of drug-likeness (QED) is 0.892. The standard InChI is InChI=1S/C15H17N3O/c1-15(11-16,18-8-6-17-7-9-18)14-10-12-4-2-3-5-13(12)19-14/h2-5,10,17H,6-9H2,1H3. The molecule has 2 heterocycles. The van der Waals surface area contributed by atoms with Gasteiger partial charge < -0.3 is 9.73 Å². The maximum Gasteiger partial charge on any atom is 0.164 e. The van der Waals surface area contributed by atoms with Gasteiger partial charge in [-0.3, -0.25) is 4.90 Å². The van der Waals surface area contributed by atoms with Crippen molar-refractivity contribution in [2.75, 3.05) is 26.2 Å². The molecule has 1 fully saturated rings. The molecule has 1 saturated heterocycles. The molecule has 1 aliphatic heterocycles. The van der Waals surface area contributed by atoms with Crippen molar-refractivity contribution in [1.29, 1.82) is 5.26 Å². The van der Waals surface area contributed by atoms with E-state index in [-0.39, 0.29) is 0 Å². The Bertz CT molecular complexity index is 589. The van der Waals surface area contributed by atoms with Crippen LogP contribution in [0.5, 0.6) is 0 Å². The lowest BCUT2D eigenvalue weighted by Crippen LogP contribution is -2.52. The first-order valence-corrected chi connectivity index (χ1v) is 6.60. The molecule has 3 rings (SSSR count). The summed E-state index contributed by atoms with van der Waals surface area (Å²) in [5, 5.41) is 14.0. The fraction of sp³-hybridized carbons (Fsp3) is 0.400. The number of nitrogens with zero attached hydrogens (tertiary/aromatic N) is 2. The molecule has 98 valence electrons. The van der Waals surface area contributed by atoms with Gasteiger partial charge in [0.05, 0.1) is 6.07 Å². The third kappa shape index (κ3) is 2.01. The predicted octanol–water partition coefficient (Wildman–Crippen LogP) is 2.08. The van der Waals surface area contributed by atoms with Crippen LogP contribution >= 0.6 is 0 Å². The van der Waals surface area contributed by atoms with Crippen LogP contribution in [0.15, 0.2) is 34.7 Å². The van der Waals surface area contributed by atoms with Crippen LogP contribution in [0.3, 0.4) is 0 Å². The van der Waals surface area contributed by atoms with E-state index in [0.717, 1.165) is 42.9 Å². The monoisotopic (exact) mass is 255 g/mol. The largest absolute Gasteiger partial charge is 0.458 e. The van der Waals surface area contributed by atoms with Gasteiger partial charge in [-0.15, -0.1) is 0 Å². The zero-order valence-electron chi connectivity index (χ0n) is 11.0. The van der Waals surface area contributed by atoms with Gasteiger partial charge in [0.2, 0.25) is 0 Å². The van der Waals surface area contributed by atoms with E-state index in [1.165, 1.54) is 0 Å². The third-order valence-corrected chi connectivity index (χ3v) is 3.87. The maximum atomic E-state index is 9.64. The Morgan fingerprint density at radius 1 is 1.32 bits per heavy atom. The lowest BCUT2D eigenvalue weighted by Gasteiger charge is -2.37. The van der Waals surface area contributed by atoms with E-state index in [4.69, 9.17) is 4.42 Å². The first kappa shape index (κ1) is 12.2. The van der Waals surface area contributed by atoms with Gasteiger partial charge in [0.1, 0.15) is 11.3 Å². The molecule has 0 bridgehead atoms. The second-order valence-corrected chi connectivity index (χ2v) is 5.07. The highest BCUT2D eigenvalue weighted by Gasteiger charge is 2.37. The number of furan rings is 1. The van der Waals surface area contributed by atoms with Crippen LogP contribution in [0.1, 0.15) is 12.7 Å². The highest BCUT2D eigenvalue weighted by molar-refractivity contribution is 5.78. The molecular formula is C15H17N3O. The third-order valence-electron chi connectivity index (χ3n) is 3.87. The summed E-state index contributed by atoms with van der Waals surface area (Å²) >= 11 is 0. The molecule has 0 spiro atoms. The van der Waals surface area contributed by atoms with Crippen molar-refractivity contribution in [1.82, 2.24) is 10.2 Å². The average molecular weight is 255 g/mol. The van der Waals surface area contributed by atoms with Crippen molar-refractivity contribution in [3.05, 3.63) is 36.1 Å². The summed E-state index contributed by atoms with van der Waals surface area (Å²) in [4.78, 5) is 2.18. The molecule has 4 nitrogen and oxygen atoms in total. The zero-order chi connectivity index (χ0) is 13.3. The smallest absolute Gasteiger partial charge is 0.164 e. The van der Waals surface area contributed by atoms with Gasteiger partial charge in [-0.1, -0.05) is 18.2 Å². The number of benzene rings is 1. The van der Waals surface area contributed by atoms with Gasteiger partial charge in [-0.2, -0.15) is 5.26 Å². The van der Waals surface area contributed by atoms with Crippen molar-refractivity contribution < 1.29 is 4.42 Å². The molecule has 1 aromatic carbocycles. The predicted molar refractivity (Wildman–Crippen MR) is 73.6 cm³/mol. The number of nitrogens with one attached hydrogen (secondary N) is 1. The number of piperazine rings is 1. The average Bonchev–Trinajstić information content (AvgIpc) is 2.92. The van der Waals surface area contributed by atoms with Crippen LogP contribution in [-0.2, 0) is 5.54 Å². The summed E-state index contributed by atoms with van der Waals surface area (Å²) in [6.45, 7) is 5.49. The van der Waals surface area contributed by atoms with Gasteiger partial charge in [-0.05, 0) is 19.1 Å². The fourth-order valence-electron chi connectivity index (χ4n) is 2.62. The van der Waals surface area contributed by atoms with Crippen LogP contribution in [0.2, 0.25) is 0 Å². The van der Waals surface area contributed by atoms with Crippen LogP contribution < -0.4 is 5.32 Å². The summed E-state index contributed by atoms with van der Waals surface area (Å²) < 4.78 is 5.89. The Labute approximate surface area is 112 Å². The first-order chi connectivity index (χ1) is 9.24. The van der Waals surface area contributed by atoms with E-state index in [9.17, 15) is 5.26 Å². The molecule has 19 heavy (non-hydrogen) atoms. The number of rotatable bonds is 2. The topological polar surface area (TPSA) is 52.2 Å². The number of nitriles is 1.